The van der Waals surface area contributed by atoms with Crippen molar-refractivity contribution in [1.82, 2.24) is 0 Å². The minimum Gasteiger partial charge on any atom is -0.399 e. The van der Waals surface area contributed by atoms with Crippen LogP contribution in [0.5, 0.6) is 0 Å². The van der Waals surface area contributed by atoms with Crippen LogP contribution in [0.15, 0.2) is 21.5 Å². The van der Waals surface area contributed by atoms with E-state index in [-0.39, 0.29) is 4.21 Å². The average Bonchev–Trinajstić information content (AvgIpc) is 2.51. The molecule has 1 aromatic heterocycles. The number of rotatable bonds is 3. The van der Waals surface area contributed by atoms with E-state index in [1.54, 1.807) is 13.0 Å². The van der Waals surface area contributed by atoms with E-state index in [1.807, 2.05) is 0 Å². The molecule has 0 unspecified atom stereocenters. The molecule has 0 spiro atoms. The second-order valence-electron chi connectivity index (χ2n) is 2.45. The third-order valence-electron chi connectivity index (χ3n) is 1.42. The van der Waals surface area contributed by atoms with Crippen LogP contribution < -0.4 is 0 Å². The average molecular weight is 235 g/mol. The van der Waals surface area contributed by atoms with E-state index >= 15 is 0 Å². The summed E-state index contributed by atoms with van der Waals surface area (Å²) in [5.41, 5.74) is 0.562. The summed E-state index contributed by atoms with van der Waals surface area (Å²) in [6, 6.07) is 2.88. The van der Waals surface area contributed by atoms with Gasteiger partial charge in [0, 0.05) is 0 Å². The van der Waals surface area contributed by atoms with Crippen molar-refractivity contribution in [2.75, 3.05) is 7.11 Å². The maximum absolute atomic E-state index is 10.7. The second kappa shape index (κ2) is 4.07. The number of hydrogen-bond donors (Lipinski definition) is 1. The Kier molecular flexibility index (Phi) is 3.25. The number of nitrogens with zero attached hydrogens (tertiary/aromatic N) is 1. The number of hydrogen-bond acceptors (Lipinski definition) is 5. The highest BCUT2D eigenvalue weighted by Crippen LogP contribution is 2.21. The standard InChI is InChI=1S/C7H9NO4S2/c1-5(8-12-2)6-3-4-7(13-6)14(9,10)11/h3-4H,1-2H3,(H,9,10,11)/b8-5+. The minimum atomic E-state index is -4.11. The molecule has 1 N–H and O–H groups in total. The minimum absolute atomic E-state index is 0.0989. The van der Waals surface area contributed by atoms with Crippen LogP contribution in [-0.4, -0.2) is 25.8 Å². The summed E-state index contributed by atoms with van der Waals surface area (Å²) < 4.78 is 30.1. The van der Waals surface area contributed by atoms with Gasteiger partial charge < -0.3 is 4.84 Å². The first-order valence-electron chi connectivity index (χ1n) is 3.60. The quantitative estimate of drug-likeness (QED) is 0.487. The van der Waals surface area contributed by atoms with Gasteiger partial charge in [-0.25, -0.2) is 0 Å². The molecular formula is C7H9NO4S2. The van der Waals surface area contributed by atoms with E-state index in [2.05, 4.69) is 9.99 Å². The highest BCUT2D eigenvalue weighted by molar-refractivity contribution is 7.88. The van der Waals surface area contributed by atoms with Gasteiger partial charge in [0.15, 0.2) is 0 Å². The lowest BCUT2D eigenvalue weighted by molar-refractivity contribution is 0.213. The van der Waals surface area contributed by atoms with Gasteiger partial charge in [-0.3, -0.25) is 4.55 Å². The van der Waals surface area contributed by atoms with Gasteiger partial charge in [-0.2, -0.15) is 8.42 Å². The number of oxime groups is 1. The zero-order valence-corrected chi connectivity index (χ0v) is 9.22. The lowest BCUT2D eigenvalue weighted by Gasteiger charge is -1.93. The molecule has 1 rings (SSSR count). The van der Waals surface area contributed by atoms with Gasteiger partial charge in [-0.15, -0.1) is 11.3 Å². The molecule has 1 aromatic rings. The van der Waals surface area contributed by atoms with Crippen LogP contribution in [0.25, 0.3) is 0 Å². The van der Waals surface area contributed by atoms with E-state index in [4.69, 9.17) is 4.55 Å². The third-order valence-corrected chi connectivity index (χ3v) is 3.94. The van der Waals surface area contributed by atoms with Crippen LogP contribution in [0, 0.1) is 0 Å². The van der Waals surface area contributed by atoms with E-state index in [0.717, 1.165) is 11.3 Å². The van der Waals surface area contributed by atoms with Crippen molar-refractivity contribution in [2.45, 2.75) is 11.1 Å². The van der Waals surface area contributed by atoms with E-state index in [0.29, 0.717) is 10.6 Å². The molecule has 14 heavy (non-hydrogen) atoms. The van der Waals surface area contributed by atoms with Gasteiger partial charge in [-0.1, -0.05) is 5.16 Å². The Morgan fingerprint density at radius 3 is 2.64 bits per heavy atom. The van der Waals surface area contributed by atoms with Crippen molar-refractivity contribution in [3.63, 3.8) is 0 Å². The molecule has 0 fully saturated rings. The molecule has 0 aromatic carbocycles. The highest BCUT2D eigenvalue weighted by atomic mass is 32.3. The van der Waals surface area contributed by atoms with Crippen LogP contribution in [0.3, 0.4) is 0 Å². The molecule has 7 heteroatoms. The molecule has 0 radical (unpaired) electrons. The molecule has 0 amide bonds. The van der Waals surface area contributed by atoms with Crippen molar-refractivity contribution in [2.24, 2.45) is 5.16 Å². The monoisotopic (exact) mass is 235 g/mol. The molecule has 0 aliphatic carbocycles. The zero-order valence-electron chi connectivity index (χ0n) is 7.59. The van der Waals surface area contributed by atoms with Crippen molar-refractivity contribution in [3.05, 3.63) is 17.0 Å². The van der Waals surface area contributed by atoms with Gasteiger partial charge in [-0.05, 0) is 19.1 Å². The Morgan fingerprint density at radius 1 is 1.57 bits per heavy atom. The Morgan fingerprint density at radius 2 is 2.21 bits per heavy atom. The highest BCUT2D eigenvalue weighted by Gasteiger charge is 2.13. The smallest absolute Gasteiger partial charge is 0.304 e. The first kappa shape index (κ1) is 11.2. The van der Waals surface area contributed by atoms with Crippen LogP contribution >= 0.6 is 11.3 Å². The largest absolute Gasteiger partial charge is 0.399 e. The Labute approximate surface area is 85.8 Å². The van der Waals surface area contributed by atoms with E-state index < -0.39 is 10.1 Å². The topological polar surface area (TPSA) is 76.0 Å². The molecular weight excluding hydrogens is 226 g/mol. The van der Waals surface area contributed by atoms with Gasteiger partial charge in [0.25, 0.3) is 0 Å². The lowest BCUT2D eigenvalue weighted by atomic mass is 10.3. The van der Waals surface area contributed by atoms with Gasteiger partial charge in [0.1, 0.15) is 11.3 Å². The van der Waals surface area contributed by atoms with Gasteiger partial charge in [0.05, 0.1) is 10.6 Å². The van der Waals surface area contributed by atoms with Crippen LogP contribution in [-0.2, 0) is 15.0 Å². The summed E-state index contributed by atoms with van der Waals surface area (Å²) in [7, 11) is -2.70. The molecule has 0 atom stereocenters. The second-order valence-corrected chi connectivity index (χ2v) is 5.19. The Hall–Kier alpha value is -0.920. The molecule has 0 saturated carbocycles. The van der Waals surface area contributed by atoms with Crippen molar-refractivity contribution >= 4 is 27.2 Å². The normalized spacial score (nSPS) is 12.9. The number of thiophene rings is 1. The van der Waals surface area contributed by atoms with Gasteiger partial charge >= 0.3 is 10.1 Å². The molecule has 5 nitrogen and oxygen atoms in total. The van der Waals surface area contributed by atoms with Crippen molar-refractivity contribution in [1.29, 1.82) is 0 Å². The fourth-order valence-corrected chi connectivity index (χ4v) is 2.44. The Balaban J connectivity index is 3.06. The summed E-state index contributed by atoms with van der Waals surface area (Å²) >= 11 is 0.939. The fourth-order valence-electron chi connectivity index (χ4n) is 0.835. The van der Waals surface area contributed by atoms with E-state index in [9.17, 15) is 8.42 Å². The summed E-state index contributed by atoms with van der Waals surface area (Å²) in [5, 5.41) is 3.64. The molecule has 0 bridgehead atoms. The molecule has 0 saturated heterocycles. The zero-order chi connectivity index (χ0) is 10.8. The summed E-state index contributed by atoms with van der Waals surface area (Å²) in [4.78, 5) is 5.17. The van der Waals surface area contributed by atoms with Gasteiger partial charge in [0.2, 0.25) is 0 Å². The maximum atomic E-state index is 10.7. The van der Waals surface area contributed by atoms with E-state index in [1.165, 1.54) is 13.2 Å². The molecule has 1 heterocycles. The maximum Gasteiger partial charge on any atom is 0.304 e. The van der Waals surface area contributed by atoms with Crippen LogP contribution in [0.4, 0.5) is 0 Å². The van der Waals surface area contributed by atoms with Crippen LogP contribution in [0.2, 0.25) is 0 Å². The molecule has 0 aliphatic heterocycles. The third kappa shape index (κ3) is 2.53. The van der Waals surface area contributed by atoms with Crippen molar-refractivity contribution < 1.29 is 17.8 Å². The SMILES string of the molecule is CO/N=C(\C)c1ccc(S(=O)(=O)O)s1. The summed E-state index contributed by atoms with van der Waals surface area (Å²) in [6.45, 7) is 1.68. The summed E-state index contributed by atoms with van der Waals surface area (Å²) in [5.74, 6) is 0. The first-order chi connectivity index (χ1) is 6.45. The Bertz CT molecular complexity index is 446. The van der Waals surface area contributed by atoms with Crippen LogP contribution in [0.1, 0.15) is 11.8 Å². The molecule has 78 valence electrons. The first-order valence-corrected chi connectivity index (χ1v) is 5.86. The summed E-state index contributed by atoms with van der Waals surface area (Å²) in [6.07, 6.45) is 0. The predicted molar refractivity (Wildman–Crippen MR) is 53.4 cm³/mol. The fraction of sp³-hybridized carbons (Fsp3) is 0.286. The molecule has 0 aliphatic rings. The lowest BCUT2D eigenvalue weighted by Crippen LogP contribution is -1.93. The predicted octanol–water partition coefficient (Wildman–Crippen LogP) is 1.37. The van der Waals surface area contributed by atoms with Crippen molar-refractivity contribution in [3.8, 4) is 0 Å².